The highest BCUT2D eigenvalue weighted by Gasteiger charge is 2.31. The molecule has 0 bridgehead atoms. The zero-order chi connectivity index (χ0) is 16.1. The number of fused-ring (bicyclic) bond motifs is 2. The van der Waals surface area contributed by atoms with E-state index in [4.69, 9.17) is 0 Å². The molecular weight excluding hydrogens is 299 g/mol. The maximum atomic E-state index is 11.6. The first kappa shape index (κ1) is 13.4. The summed E-state index contributed by atoms with van der Waals surface area (Å²) < 4.78 is 9.07. The van der Waals surface area contributed by atoms with Crippen LogP contribution in [0.25, 0.3) is 0 Å². The van der Waals surface area contributed by atoms with Crippen LogP contribution in [0.3, 0.4) is 0 Å². The fourth-order valence-corrected chi connectivity index (χ4v) is 2.58. The highest BCUT2D eigenvalue weighted by atomic mass is 16.6. The molecule has 0 fully saturated rings. The number of carbonyl (C=O) groups excluding carboxylic acids is 4. The minimum Gasteiger partial charge on any atom is -0.386 e. The Balaban J connectivity index is 1.68. The van der Waals surface area contributed by atoms with Crippen molar-refractivity contribution in [1.82, 2.24) is 0 Å². The van der Waals surface area contributed by atoms with Gasteiger partial charge in [-0.3, -0.25) is 0 Å². The van der Waals surface area contributed by atoms with Crippen molar-refractivity contribution in [3.63, 3.8) is 0 Å². The largest absolute Gasteiger partial charge is 0.386 e. The van der Waals surface area contributed by atoms with E-state index in [0.29, 0.717) is 10.9 Å². The third-order valence-corrected chi connectivity index (χ3v) is 3.67. The summed E-state index contributed by atoms with van der Waals surface area (Å²) in [5.74, 6) is -2.67. The van der Waals surface area contributed by atoms with Crippen molar-refractivity contribution in [2.24, 2.45) is 0 Å². The monoisotopic (exact) mass is 305 g/mol. The molecule has 4 rings (SSSR count). The van der Waals surface area contributed by atoms with Gasteiger partial charge in [-0.2, -0.15) is 0 Å². The van der Waals surface area contributed by atoms with Crippen LogP contribution in [0.5, 0.6) is 0 Å². The van der Waals surface area contributed by atoms with Gasteiger partial charge < -0.3 is 9.47 Å². The summed E-state index contributed by atoms with van der Waals surface area (Å²) in [5, 5.41) is 0. The molecule has 0 spiro atoms. The highest BCUT2D eigenvalue weighted by molar-refractivity contribution is 6.67. The van der Waals surface area contributed by atoms with Crippen molar-refractivity contribution in [3.8, 4) is 0 Å². The highest BCUT2D eigenvalue weighted by Crippen LogP contribution is 2.19. The van der Waals surface area contributed by atoms with E-state index in [0.717, 1.165) is 0 Å². The molecule has 0 saturated heterocycles. The van der Waals surface area contributed by atoms with Gasteiger partial charge in [0.25, 0.3) is 0 Å². The van der Waals surface area contributed by atoms with Gasteiger partial charge in [0.1, 0.15) is 0 Å². The lowest BCUT2D eigenvalue weighted by Crippen LogP contribution is -2.28. The van der Waals surface area contributed by atoms with Crippen molar-refractivity contribution in [1.29, 1.82) is 0 Å². The molecule has 0 unspecified atom stereocenters. The smallest absolute Gasteiger partial charge is 0.346 e. The van der Waals surface area contributed by atoms with E-state index < -0.39 is 23.9 Å². The molecule has 0 aromatic heterocycles. The van der Waals surface area contributed by atoms with Crippen molar-refractivity contribution in [2.75, 3.05) is 0 Å². The minimum atomic E-state index is -0.677. The lowest BCUT2D eigenvalue weighted by atomic mass is 9.63. The fraction of sp³-hybridized carbons (Fsp3) is 0. The Morgan fingerprint density at radius 2 is 0.957 bits per heavy atom. The van der Waals surface area contributed by atoms with Crippen LogP contribution in [0.1, 0.15) is 41.4 Å². The quantitative estimate of drug-likeness (QED) is 0.440. The molecule has 0 amide bonds. The third-order valence-electron chi connectivity index (χ3n) is 3.67. The topological polar surface area (TPSA) is 86.7 Å². The molecule has 2 aromatic rings. The molecule has 2 aliphatic rings. The Morgan fingerprint density at radius 1 is 0.565 bits per heavy atom. The second kappa shape index (κ2) is 4.64. The third kappa shape index (κ3) is 2.05. The van der Waals surface area contributed by atoms with Gasteiger partial charge in [-0.25, -0.2) is 19.2 Å². The van der Waals surface area contributed by atoms with Gasteiger partial charge in [0.2, 0.25) is 0 Å². The van der Waals surface area contributed by atoms with Crippen LogP contribution in [-0.4, -0.2) is 31.2 Å². The van der Waals surface area contributed by atoms with Gasteiger partial charge >= 0.3 is 23.9 Å². The van der Waals surface area contributed by atoms with Crippen LogP contribution in [0.15, 0.2) is 36.4 Å². The molecule has 0 atom stereocenters. The minimum absolute atomic E-state index is 0.208. The first-order valence-corrected chi connectivity index (χ1v) is 6.69. The number of hydrogen-bond donors (Lipinski definition) is 0. The molecule has 0 N–H and O–H groups in total. The average molecular weight is 305 g/mol. The van der Waals surface area contributed by atoms with E-state index >= 15 is 0 Å². The first-order valence-electron chi connectivity index (χ1n) is 6.69. The second-order valence-electron chi connectivity index (χ2n) is 5.11. The van der Waals surface area contributed by atoms with Crippen LogP contribution in [-0.2, 0) is 9.47 Å². The lowest BCUT2D eigenvalue weighted by Gasteiger charge is -2.03. The molecule has 2 aliphatic heterocycles. The Labute approximate surface area is 130 Å². The van der Waals surface area contributed by atoms with E-state index in [1.54, 1.807) is 31.5 Å². The van der Waals surface area contributed by atoms with Crippen LogP contribution < -0.4 is 10.9 Å². The lowest BCUT2D eigenvalue weighted by molar-refractivity contribution is 0.0425. The summed E-state index contributed by atoms with van der Waals surface area (Å²) in [5.41, 5.74) is 2.20. The molecule has 2 aromatic carbocycles. The number of benzene rings is 2. The second-order valence-corrected chi connectivity index (χ2v) is 5.11. The predicted octanol–water partition coefficient (Wildman–Crippen LogP) is -0.0372. The summed E-state index contributed by atoms with van der Waals surface area (Å²) in [6.45, 7) is 0. The SMILES string of the molecule is O=C1OC(=O)c2cc([B]c3ccc4c(c3)C(=O)OC4=O)ccc21. The normalized spacial score (nSPS) is 15.1. The number of rotatable bonds is 2. The van der Waals surface area contributed by atoms with Crippen LogP contribution in [0.4, 0.5) is 0 Å². The van der Waals surface area contributed by atoms with Crippen molar-refractivity contribution in [3.05, 3.63) is 58.7 Å². The molecule has 0 aliphatic carbocycles. The zero-order valence-electron chi connectivity index (χ0n) is 11.5. The number of hydrogen-bond acceptors (Lipinski definition) is 6. The summed E-state index contributed by atoms with van der Waals surface area (Å²) in [6, 6.07) is 9.43. The first-order chi connectivity index (χ1) is 11.0. The maximum absolute atomic E-state index is 11.6. The van der Waals surface area contributed by atoms with Gasteiger partial charge in [-0.05, 0) is 12.1 Å². The van der Waals surface area contributed by atoms with Crippen LogP contribution >= 0.6 is 0 Å². The maximum Gasteiger partial charge on any atom is 0.346 e. The summed E-state index contributed by atoms with van der Waals surface area (Å²) in [7, 11) is 1.71. The number of ether oxygens (including phenoxy) is 2. The van der Waals surface area contributed by atoms with E-state index in [9.17, 15) is 19.2 Å². The average Bonchev–Trinajstić information content (AvgIpc) is 2.96. The molecule has 0 saturated carbocycles. The Kier molecular flexibility index (Phi) is 2.71. The van der Waals surface area contributed by atoms with E-state index in [1.165, 1.54) is 12.1 Å². The predicted molar refractivity (Wildman–Crippen MR) is 77.4 cm³/mol. The standard InChI is InChI=1S/C16H6BO6/c18-13-9-3-1-7(5-11(9)15(20)22-13)17-8-2-4-10-12(6-8)16(21)23-14(10)19/h1-6H. The van der Waals surface area contributed by atoms with Gasteiger partial charge in [-0.1, -0.05) is 35.2 Å². The van der Waals surface area contributed by atoms with Crippen LogP contribution in [0.2, 0.25) is 0 Å². The fourth-order valence-electron chi connectivity index (χ4n) is 2.58. The number of cyclic esters (lactones) is 4. The molecule has 23 heavy (non-hydrogen) atoms. The molecule has 109 valence electrons. The molecule has 2 heterocycles. The van der Waals surface area contributed by atoms with E-state index in [-0.39, 0.29) is 22.3 Å². The van der Waals surface area contributed by atoms with Crippen molar-refractivity contribution < 1.29 is 28.7 Å². The van der Waals surface area contributed by atoms with Gasteiger partial charge in [-0.15, -0.1) is 0 Å². The molecule has 1 radical (unpaired) electrons. The summed E-state index contributed by atoms with van der Waals surface area (Å²) in [4.78, 5) is 45.9. The van der Waals surface area contributed by atoms with Crippen LogP contribution in [0, 0.1) is 0 Å². The van der Waals surface area contributed by atoms with Crippen molar-refractivity contribution >= 4 is 42.1 Å². The van der Waals surface area contributed by atoms with Gasteiger partial charge in [0, 0.05) is 0 Å². The molecular formula is C16H6BO6. The number of carbonyl (C=O) groups is 4. The van der Waals surface area contributed by atoms with Crippen molar-refractivity contribution in [2.45, 2.75) is 0 Å². The molecule has 6 nitrogen and oxygen atoms in total. The number of esters is 4. The summed E-state index contributed by atoms with van der Waals surface area (Å²) >= 11 is 0. The van der Waals surface area contributed by atoms with Gasteiger partial charge in [0.05, 0.1) is 22.3 Å². The van der Waals surface area contributed by atoms with E-state index in [1.807, 2.05) is 0 Å². The Morgan fingerprint density at radius 3 is 1.39 bits per heavy atom. The summed E-state index contributed by atoms with van der Waals surface area (Å²) in [6.07, 6.45) is 0. The molecule has 7 heteroatoms. The zero-order valence-corrected chi connectivity index (χ0v) is 11.5. The van der Waals surface area contributed by atoms with E-state index in [2.05, 4.69) is 9.47 Å². The Hall–Kier alpha value is -3.22. The Bertz CT molecular complexity index is 855. The van der Waals surface area contributed by atoms with Gasteiger partial charge in [0.15, 0.2) is 7.28 Å².